The van der Waals surface area contributed by atoms with E-state index in [2.05, 4.69) is 10.3 Å². The summed E-state index contributed by atoms with van der Waals surface area (Å²) in [6.07, 6.45) is -3.41. The predicted octanol–water partition coefficient (Wildman–Crippen LogP) is 5.56. The zero-order valence-corrected chi connectivity index (χ0v) is 14.2. The maximum atomic E-state index is 13.6. The number of hydrogen-bond acceptors (Lipinski definition) is 3. The van der Waals surface area contributed by atoms with Crippen molar-refractivity contribution in [3.63, 3.8) is 0 Å². The smallest absolute Gasteiger partial charge is 0.419 e. The third-order valence-electron chi connectivity index (χ3n) is 3.67. The Labute approximate surface area is 159 Å². The van der Waals surface area contributed by atoms with E-state index >= 15 is 0 Å². The molecule has 2 aromatic carbocycles. The fourth-order valence-corrected chi connectivity index (χ4v) is 2.37. The quantitative estimate of drug-likeness (QED) is 0.571. The second-order valence-electron chi connectivity index (χ2n) is 5.70. The number of aromatic nitrogens is 1. The number of ether oxygens (including phenoxy) is 1. The van der Waals surface area contributed by atoms with Crippen LogP contribution in [-0.2, 0) is 6.18 Å². The van der Waals surface area contributed by atoms with Gasteiger partial charge in [-0.15, -0.1) is 0 Å². The number of hydrogen-bond donors (Lipinski definition) is 1. The summed E-state index contributed by atoms with van der Waals surface area (Å²) >= 11 is 0. The van der Waals surface area contributed by atoms with Crippen molar-refractivity contribution in [1.82, 2.24) is 4.98 Å². The molecule has 0 atom stereocenters. The number of pyridine rings is 1. The molecule has 10 heteroatoms. The molecule has 29 heavy (non-hydrogen) atoms. The molecule has 3 aromatic rings. The Morgan fingerprint density at radius 3 is 2.14 bits per heavy atom. The molecule has 0 aliphatic carbocycles. The van der Waals surface area contributed by atoms with E-state index in [0.717, 1.165) is 0 Å². The van der Waals surface area contributed by atoms with Gasteiger partial charge in [0.1, 0.15) is 22.9 Å². The van der Waals surface area contributed by atoms with Crippen LogP contribution in [0.3, 0.4) is 0 Å². The number of carbonyl (C=O) groups is 1. The normalized spacial score (nSPS) is 11.2. The largest absolute Gasteiger partial charge is 0.457 e. The summed E-state index contributed by atoms with van der Waals surface area (Å²) in [5.74, 6) is -5.14. The van der Waals surface area contributed by atoms with Crippen LogP contribution in [0.5, 0.6) is 11.5 Å². The van der Waals surface area contributed by atoms with Gasteiger partial charge in [-0.3, -0.25) is 9.78 Å². The van der Waals surface area contributed by atoms with Gasteiger partial charge in [-0.1, -0.05) is 0 Å². The number of benzene rings is 2. The maximum Gasteiger partial charge on any atom is 0.419 e. The highest BCUT2D eigenvalue weighted by Gasteiger charge is 2.34. The predicted molar refractivity (Wildman–Crippen MR) is 90.0 cm³/mol. The van der Waals surface area contributed by atoms with Crippen LogP contribution in [0.25, 0.3) is 0 Å². The number of carbonyl (C=O) groups excluding carboxylic acids is 1. The van der Waals surface area contributed by atoms with E-state index in [9.17, 15) is 31.1 Å². The first-order valence-corrected chi connectivity index (χ1v) is 7.90. The average molecular weight is 412 g/mol. The van der Waals surface area contributed by atoms with Crippen LogP contribution in [0.15, 0.2) is 54.9 Å². The zero-order chi connectivity index (χ0) is 21.2. The molecule has 0 saturated carbocycles. The van der Waals surface area contributed by atoms with Gasteiger partial charge in [0.25, 0.3) is 5.91 Å². The molecular weight excluding hydrogens is 402 g/mol. The Hall–Kier alpha value is -3.56. The van der Waals surface area contributed by atoms with Crippen molar-refractivity contribution in [3.8, 4) is 11.5 Å². The molecule has 150 valence electrons. The fourth-order valence-electron chi connectivity index (χ4n) is 2.37. The van der Waals surface area contributed by atoms with Gasteiger partial charge in [0.2, 0.25) is 0 Å². The molecule has 1 amide bonds. The van der Waals surface area contributed by atoms with Crippen molar-refractivity contribution >= 4 is 11.6 Å². The van der Waals surface area contributed by atoms with Gasteiger partial charge >= 0.3 is 6.18 Å². The lowest BCUT2D eigenvalue weighted by Gasteiger charge is -2.14. The molecule has 1 heterocycles. The average Bonchev–Trinajstić information content (AvgIpc) is 2.62. The monoisotopic (exact) mass is 412 g/mol. The van der Waals surface area contributed by atoms with E-state index in [1.165, 1.54) is 24.3 Å². The van der Waals surface area contributed by atoms with Gasteiger partial charge in [0, 0.05) is 11.8 Å². The van der Waals surface area contributed by atoms with Crippen molar-refractivity contribution in [2.45, 2.75) is 6.18 Å². The maximum absolute atomic E-state index is 13.6. The van der Waals surface area contributed by atoms with Gasteiger partial charge in [0.15, 0.2) is 11.6 Å². The van der Waals surface area contributed by atoms with E-state index in [-0.39, 0.29) is 11.4 Å². The number of amides is 1. The summed E-state index contributed by atoms with van der Waals surface area (Å²) in [4.78, 5) is 15.3. The van der Waals surface area contributed by atoms with Crippen LogP contribution in [0.1, 0.15) is 15.9 Å². The minimum absolute atomic E-state index is 0.0830. The molecule has 0 radical (unpaired) electrons. The Morgan fingerprint density at radius 1 is 0.931 bits per heavy atom. The van der Waals surface area contributed by atoms with Crippen molar-refractivity contribution in [2.24, 2.45) is 0 Å². The molecule has 0 aliphatic rings. The molecule has 1 N–H and O–H groups in total. The first-order chi connectivity index (χ1) is 13.6. The number of nitrogens with one attached hydrogen (secondary N) is 1. The molecule has 0 fully saturated rings. The second kappa shape index (κ2) is 7.82. The summed E-state index contributed by atoms with van der Waals surface area (Å²) in [5, 5.41) is 2.23. The van der Waals surface area contributed by atoms with Crippen molar-refractivity contribution in [1.29, 1.82) is 0 Å². The van der Waals surface area contributed by atoms with Crippen LogP contribution in [0.2, 0.25) is 0 Å². The van der Waals surface area contributed by atoms with Crippen molar-refractivity contribution < 1.29 is 35.9 Å². The Morgan fingerprint density at radius 2 is 1.55 bits per heavy atom. The van der Waals surface area contributed by atoms with Gasteiger partial charge in [0.05, 0.1) is 18.0 Å². The van der Waals surface area contributed by atoms with Crippen molar-refractivity contribution in [3.05, 3.63) is 83.4 Å². The summed E-state index contributed by atoms with van der Waals surface area (Å²) in [6, 6.07) is 6.66. The topological polar surface area (TPSA) is 51.2 Å². The molecule has 0 spiro atoms. The van der Waals surface area contributed by atoms with Gasteiger partial charge in [-0.25, -0.2) is 13.2 Å². The number of nitrogens with zero attached hydrogens (tertiary/aromatic N) is 1. The highest BCUT2D eigenvalue weighted by molar-refractivity contribution is 6.04. The number of rotatable bonds is 4. The lowest BCUT2D eigenvalue weighted by atomic mass is 10.2. The van der Waals surface area contributed by atoms with Crippen molar-refractivity contribution in [2.75, 3.05) is 5.32 Å². The Bertz CT molecular complexity index is 1030. The minimum Gasteiger partial charge on any atom is -0.457 e. The molecule has 0 unspecified atom stereocenters. The number of anilines is 1. The summed E-state index contributed by atoms with van der Waals surface area (Å²) in [5.41, 5.74) is -1.91. The van der Waals surface area contributed by atoms with Gasteiger partial charge < -0.3 is 10.1 Å². The molecule has 1 aromatic heterocycles. The van der Waals surface area contributed by atoms with Crippen LogP contribution in [-0.4, -0.2) is 10.9 Å². The van der Waals surface area contributed by atoms with E-state index < -0.39 is 46.4 Å². The molecule has 3 rings (SSSR count). The van der Waals surface area contributed by atoms with E-state index in [4.69, 9.17) is 4.74 Å². The fraction of sp³-hybridized carbons (Fsp3) is 0.0526. The van der Waals surface area contributed by atoms with Crippen LogP contribution >= 0.6 is 0 Å². The second-order valence-corrected chi connectivity index (χ2v) is 5.70. The lowest BCUT2D eigenvalue weighted by Crippen LogP contribution is -2.16. The molecular formula is C19H10F6N2O2. The summed E-state index contributed by atoms with van der Waals surface area (Å²) in [6.45, 7) is 0. The highest BCUT2D eigenvalue weighted by Crippen LogP contribution is 2.38. The third kappa shape index (κ3) is 4.65. The van der Waals surface area contributed by atoms with E-state index in [1.807, 2.05) is 0 Å². The molecule has 0 aliphatic heterocycles. The summed E-state index contributed by atoms with van der Waals surface area (Å²) in [7, 11) is 0. The zero-order valence-electron chi connectivity index (χ0n) is 14.2. The Balaban J connectivity index is 1.78. The van der Waals surface area contributed by atoms with Gasteiger partial charge in [-0.05, 0) is 36.4 Å². The molecule has 4 nitrogen and oxygen atoms in total. The first kappa shape index (κ1) is 20.2. The summed E-state index contributed by atoms with van der Waals surface area (Å²) < 4.78 is 84.6. The van der Waals surface area contributed by atoms with Crippen LogP contribution < -0.4 is 10.1 Å². The van der Waals surface area contributed by atoms with E-state index in [1.54, 1.807) is 0 Å². The molecule has 0 bridgehead atoms. The lowest BCUT2D eigenvalue weighted by molar-refractivity contribution is -0.138. The molecule has 0 saturated heterocycles. The standard InChI is InChI=1S/C19H10F6N2O2/c20-10-1-6-13(19(23,24)25)16(7-10)29-12-4-2-11(3-5-12)27-18(28)17-14(21)8-26-9-15(17)22/h1-9H,(H,27,28). The minimum atomic E-state index is -4.75. The van der Waals surface area contributed by atoms with Gasteiger partial charge in [-0.2, -0.15) is 13.2 Å². The first-order valence-electron chi connectivity index (χ1n) is 7.90. The van der Waals surface area contributed by atoms with E-state index in [0.29, 0.717) is 30.6 Å². The SMILES string of the molecule is O=C(Nc1ccc(Oc2cc(F)ccc2C(F)(F)F)cc1)c1c(F)cncc1F. The van der Waals surface area contributed by atoms with Crippen LogP contribution in [0, 0.1) is 17.5 Å². The number of halogens is 6. The highest BCUT2D eigenvalue weighted by atomic mass is 19.4. The Kier molecular flexibility index (Phi) is 5.44. The van der Waals surface area contributed by atoms with Crippen LogP contribution in [0.4, 0.5) is 32.0 Å². The number of alkyl halides is 3. The third-order valence-corrected chi connectivity index (χ3v) is 3.67.